The molecule has 0 aliphatic carbocycles. The summed E-state index contributed by atoms with van der Waals surface area (Å²) < 4.78 is 11.2. The smallest absolute Gasteiger partial charge is 0.161 e. The monoisotopic (exact) mass is 291 g/mol. The Bertz CT molecular complexity index is 433. The number of nitrogens with zero attached hydrogens (tertiary/aromatic N) is 1. The predicted molar refractivity (Wildman–Crippen MR) is 87.3 cm³/mol. The molecule has 0 saturated carbocycles. The third-order valence-electron chi connectivity index (χ3n) is 4.19. The van der Waals surface area contributed by atoms with Crippen LogP contribution in [0.2, 0.25) is 0 Å². The van der Waals surface area contributed by atoms with E-state index in [0.29, 0.717) is 0 Å². The summed E-state index contributed by atoms with van der Waals surface area (Å²) in [7, 11) is 1.69. The molecule has 0 aromatic heterocycles. The molecule has 1 aromatic rings. The Kier molecular flexibility index (Phi) is 6.37. The van der Waals surface area contributed by atoms with E-state index in [-0.39, 0.29) is 0 Å². The lowest BCUT2D eigenvalue weighted by molar-refractivity contribution is 0.176. The van der Waals surface area contributed by atoms with Crippen molar-refractivity contribution >= 4 is 0 Å². The SMILES string of the molecule is COc1cc(C)ccc1OCCCCN1CCC[C@H](C)C1. The number of hydrogen-bond acceptors (Lipinski definition) is 3. The Labute approximate surface area is 129 Å². The zero-order valence-electron chi connectivity index (χ0n) is 13.7. The van der Waals surface area contributed by atoms with Gasteiger partial charge in [-0.3, -0.25) is 0 Å². The topological polar surface area (TPSA) is 21.7 Å². The molecule has 118 valence electrons. The number of methoxy groups -OCH3 is 1. The van der Waals surface area contributed by atoms with Crippen molar-refractivity contribution in [3.8, 4) is 11.5 Å². The lowest BCUT2D eigenvalue weighted by Gasteiger charge is -2.30. The molecule has 0 radical (unpaired) electrons. The van der Waals surface area contributed by atoms with Gasteiger partial charge >= 0.3 is 0 Å². The number of hydrogen-bond donors (Lipinski definition) is 0. The van der Waals surface area contributed by atoms with E-state index in [1.54, 1.807) is 7.11 Å². The van der Waals surface area contributed by atoms with E-state index < -0.39 is 0 Å². The summed E-state index contributed by atoms with van der Waals surface area (Å²) in [5.74, 6) is 2.56. The van der Waals surface area contributed by atoms with E-state index in [4.69, 9.17) is 9.47 Å². The van der Waals surface area contributed by atoms with Crippen LogP contribution in [0.1, 0.15) is 38.2 Å². The molecule has 3 heteroatoms. The first kappa shape index (κ1) is 16.2. The van der Waals surface area contributed by atoms with Crippen molar-refractivity contribution in [2.75, 3.05) is 33.4 Å². The van der Waals surface area contributed by atoms with E-state index in [0.717, 1.165) is 30.4 Å². The summed E-state index contributed by atoms with van der Waals surface area (Å²) in [6.45, 7) is 8.94. The largest absolute Gasteiger partial charge is 0.493 e. The maximum Gasteiger partial charge on any atom is 0.161 e. The summed E-state index contributed by atoms with van der Waals surface area (Å²) in [4.78, 5) is 2.60. The molecular formula is C18H29NO2. The molecule has 1 aliphatic rings. The molecule has 3 nitrogen and oxygen atoms in total. The second-order valence-corrected chi connectivity index (χ2v) is 6.26. The van der Waals surface area contributed by atoms with Crippen LogP contribution in [0.3, 0.4) is 0 Å². The molecule has 1 aliphatic heterocycles. The van der Waals surface area contributed by atoms with Gasteiger partial charge in [0.1, 0.15) is 0 Å². The number of ether oxygens (including phenoxy) is 2. The molecule has 1 saturated heterocycles. The number of aryl methyl sites for hydroxylation is 1. The van der Waals surface area contributed by atoms with Crippen molar-refractivity contribution in [2.45, 2.75) is 39.5 Å². The molecule has 1 heterocycles. The van der Waals surface area contributed by atoms with Crippen molar-refractivity contribution in [3.05, 3.63) is 23.8 Å². The Morgan fingerprint density at radius 1 is 1.24 bits per heavy atom. The van der Waals surface area contributed by atoms with Crippen LogP contribution in [0.15, 0.2) is 18.2 Å². The van der Waals surface area contributed by atoms with Gasteiger partial charge < -0.3 is 14.4 Å². The fourth-order valence-electron chi connectivity index (χ4n) is 3.00. The molecule has 1 aromatic carbocycles. The minimum Gasteiger partial charge on any atom is -0.493 e. The fourth-order valence-corrected chi connectivity index (χ4v) is 3.00. The Hall–Kier alpha value is -1.22. The maximum atomic E-state index is 5.85. The molecule has 0 unspecified atom stereocenters. The van der Waals surface area contributed by atoms with Gasteiger partial charge in [0, 0.05) is 6.54 Å². The average Bonchev–Trinajstić information content (AvgIpc) is 2.48. The normalized spacial score (nSPS) is 19.5. The average molecular weight is 291 g/mol. The Morgan fingerprint density at radius 3 is 2.86 bits per heavy atom. The Morgan fingerprint density at radius 2 is 2.10 bits per heavy atom. The van der Waals surface area contributed by atoms with Crippen molar-refractivity contribution in [3.63, 3.8) is 0 Å². The fraction of sp³-hybridized carbons (Fsp3) is 0.667. The zero-order chi connectivity index (χ0) is 15.1. The molecule has 2 rings (SSSR count). The standard InChI is InChI=1S/C18H29NO2/c1-15-8-9-17(18(13-15)20-3)21-12-5-4-10-19-11-6-7-16(2)14-19/h8-9,13,16H,4-7,10-12,14H2,1-3H3/t16-/m0/s1. The highest BCUT2D eigenvalue weighted by molar-refractivity contribution is 5.42. The molecule has 0 amide bonds. The number of likely N-dealkylation sites (tertiary alicyclic amines) is 1. The van der Waals surface area contributed by atoms with Gasteiger partial charge in [0.2, 0.25) is 0 Å². The number of benzene rings is 1. The molecule has 21 heavy (non-hydrogen) atoms. The van der Waals surface area contributed by atoms with Crippen LogP contribution < -0.4 is 9.47 Å². The van der Waals surface area contributed by atoms with Crippen LogP contribution >= 0.6 is 0 Å². The van der Waals surface area contributed by atoms with Crippen molar-refractivity contribution < 1.29 is 9.47 Å². The van der Waals surface area contributed by atoms with Crippen LogP contribution in [-0.4, -0.2) is 38.3 Å². The number of unbranched alkanes of at least 4 members (excludes halogenated alkanes) is 1. The Balaban J connectivity index is 1.65. The van der Waals surface area contributed by atoms with E-state index in [1.165, 1.54) is 44.5 Å². The predicted octanol–water partition coefficient (Wildman–Crippen LogP) is 3.89. The van der Waals surface area contributed by atoms with E-state index in [1.807, 2.05) is 12.1 Å². The minimum atomic E-state index is 0.767. The van der Waals surface area contributed by atoms with Crippen LogP contribution in [0.25, 0.3) is 0 Å². The van der Waals surface area contributed by atoms with Crippen LogP contribution in [0, 0.1) is 12.8 Å². The van der Waals surface area contributed by atoms with Crippen LogP contribution in [-0.2, 0) is 0 Å². The third-order valence-corrected chi connectivity index (χ3v) is 4.19. The summed E-state index contributed by atoms with van der Waals surface area (Å²) in [5.41, 5.74) is 1.19. The van der Waals surface area contributed by atoms with Gasteiger partial charge in [0.25, 0.3) is 0 Å². The second kappa shape index (κ2) is 8.28. The van der Waals surface area contributed by atoms with Crippen LogP contribution in [0.5, 0.6) is 11.5 Å². The second-order valence-electron chi connectivity index (χ2n) is 6.26. The van der Waals surface area contributed by atoms with Crippen molar-refractivity contribution in [1.29, 1.82) is 0 Å². The molecule has 0 spiro atoms. The van der Waals surface area contributed by atoms with Gasteiger partial charge in [-0.2, -0.15) is 0 Å². The lowest BCUT2D eigenvalue weighted by atomic mass is 10.0. The van der Waals surface area contributed by atoms with Crippen molar-refractivity contribution in [1.82, 2.24) is 4.90 Å². The quantitative estimate of drug-likeness (QED) is 0.711. The first-order valence-electron chi connectivity index (χ1n) is 8.19. The van der Waals surface area contributed by atoms with Gasteiger partial charge in [0.05, 0.1) is 13.7 Å². The maximum absolute atomic E-state index is 5.85. The van der Waals surface area contributed by atoms with Gasteiger partial charge in [-0.1, -0.05) is 13.0 Å². The number of rotatable bonds is 7. The van der Waals surface area contributed by atoms with Gasteiger partial charge in [0.15, 0.2) is 11.5 Å². The van der Waals surface area contributed by atoms with Gasteiger partial charge in [-0.15, -0.1) is 0 Å². The molecular weight excluding hydrogens is 262 g/mol. The molecule has 0 bridgehead atoms. The minimum absolute atomic E-state index is 0.767. The highest BCUT2D eigenvalue weighted by Crippen LogP contribution is 2.27. The summed E-state index contributed by atoms with van der Waals surface area (Å²) in [6, 6.07) is 6.08. The molecule has 1 fully saturated rings. The molecule has 1 atom stereocenters. The highest BCUT2D eigenvalue weighted by Gasteiger charge is 2.15. The number of piperidine rings is 1. The van der Waals surface area contributed by atoms with E-state index in [9.17, 15) is 0 Å². The third kappa shape index (κ3) is 5.24. The summed E-state index contributed by atoms with van der Waals surface area (Å²) >= 11 is 0. The van der Waals surface area contributed by atoms with Gasteiger partial charge in [-0.05, 0) is 69.3 Å². The first-order chi connectivity index (χ1) is 10.2. The van der Waals surface area contributed by atoms with Crippen LogP contribution in [0.4, 0.5) is 0 Å². The first-order valence-corrected chi connectivity index (χ1v) is 8.19. The van der Waals surface area contributed by atoms with E-state index >= 15 is 0 Å². The summed E-state index contributed by atoms with van der Waals surface area (Å²) in [5, 5.41) is 0. The van der Waals surface area contributed by atoms with Gasteiger partial charge in [-0.25, -0.2) is 0 Å². The summed E-state index contributed by atoms with van der Waals surface area (Å²) in [6.07, 6.45) is 5.06. The molecule has 0 N–H and O–H groups in total. The highest BCUT2D eigenvalue weighted by atomic mass is 16.5. The van der Waals surface area contributed by atoms with E-state index in [2.05, 4.69) is 24.8 Å². The lowest BCUT2D eigenvalue weighted by Crippen LogP contribution is -2.35. The zero-order valence-corrected chi connectivity index (χ0v) is 13.7. The van der Waals surface area contributed by atoms with Crippen molar-refractivity contribution in [2.24, 2.45) is 5.92 Å².